The van der Waals surface area contributed by atoms with Crippen molar-refractivity contribution < 1.29 is 23.5 Å². The molecule has 1 amide bonds. The summed E-state index contributed by atoms with van der Waals surface area (Å²) in [6.45, 7) is 5.55. The van der Waals surface area contributed by atoms with Crippen molar-refractivity contribution in [1.29, 1.82) is 0 Å². The molecule has 0 spiro atoms. The number of ketones is 1. The van der Waals surface area contributed by atoms with Crippen molar-refractivity contribution in [3.8, 4) is 0 Å². The number of rotatable bonds is 5. The SMILES string of the molecule is Cc1cccc(C2C(C(=O)CC(C)C)=C(O)C(=O)N2c2ccc(F)cc2F)c1. The van der Waals surface area contributed by atoms with Gasteiger partial charge < -0.3 is 5.11 Å². The predicted octanol–water partition coefficient (Wildman–Crippen LogP) is 4.79. The summed E-state index contributed by atoms with van der Waals surface area (Å²) in [6.07, 6.45) is 0.134. The number of carbonyl (C=O) groups is 2. The Hall–Kier alpha value is -3.02. The molecule has 0 saturated carbocycles. The van der Waals surface area contributed by atoms with Crippen molar-refractivity contribution in [2.45, 2.75) is 33.2 Å². The zero-order chi connectivity index (χ0) is 20.6. The van der Waals surface area contributed by atoms with Crippen LogP contribution in [0.2, 0.25) is 0 Å². The van der Waals surface area contributed by atoms with Crippen molar-refractivity contribution in [1.82, 2.24) is 0 Å². The topological polar surface area (TPSA) is 57.6 Å². The van der Waals surface area contributed by atoms with E-state index in [0.29, 0.717) is 11.6 Å². The zero-order valence-corrected chi connectivity index (χ0v) is 15.9. The molecule has 4 nitrogen and oxygen atoms in total. The molecular formula is C22H21F2NO3. The fourth-order valence-electron chi connectivity index (χ4n) is 3.45. The Labute approximate surface area is 162 Å². The molecule has 2 aromatic rings. The number of amides is 1. The van der Waals surface area contributed by atoms with Crippen molar-refractivity contribution in [3.63, 3.8) is 0 Å². The number of aliphatic hydroxyl groups excluding tert-OH is 1. The number of anilines is 1. The fourth-order valence-corrected chi connectivity index (χ4v) is 3.45. The van der Waals surface area contributed by atoms with E-state index < -0.39 is 29.3 Å². The first kappa shape index (κ1) is 19.7. The van der Waals surface area contributed by atoms with Crippen LogP contribution in [0.3, 0.4) is 0 Å². The molecule has 1 N–H and O–H groups in total. The lowest BCUT2D eigenvalue weighted by Gasteiger charge is -2.27. The van der Waals surface area contributed by atoms with Gasteiger partial charge in [-0.3, -0.25) is 14.5 Å². The second kappa shape index (κ2) is 7.54. The van der Waals surface area contributed by atoms with Crippen LogP contribution in [0.15, 0.2) is 53.8 Å². The van der Waals surface area contributed by atoms with Gasteiger partial charge in [0, 0.05) is 12.5 Å². The Kier molecular flexibility index (Phi) is 5.31. The Balaban J connectivity index is 2.19. The second-order valence-corrected chi connectivity index (χ2v) is 7.37. The average Bonchev–Trinajstić information content (AvgIpc) is 2.86. The third-order valence-electron chi connectivity index (χ3n) is 4.63. The van der Waals surface area contributed by atoms with Crippen LogP contribution in [0.1, 0.15) is 37.4 Å². The van der Waals surface area contributed by atoms with E-state index in [2.05, 4.69) is 0 Å². The average molecular weight is 385 g/mol. The maximum absolute atomic E-state index is 14.5. The molecule has 2 aromatic carbocycles. The number of hydrogen-bond donors (Lipinski definition) is 1. The van der Waals surface area contributed by atoms with E-state index in [0.717, 1.165) is 22.6 Å². The lowest BCUT2D eigenvalue weighted by molar-refractivity contribution is -0.118. The van der Waals surface area contributed by atoms with Gasteiger partial charge in [0.1, 0.15) is 11.6 Å². The monoisotopic (exact) mass is 385 g/mol. The van der Waals surface area contributed by atoms with Gasteiger partial charge in [-0.15, -0.1) is 0 Å². The maximum atomic E-state index is 14.5. The molecule has 0 aliphatic carbocycles. The van der Waals surface area contributed by atoms with E-state index in [9.17, 15) is 23.5 Å². The van der Waals surface area contributed by atoms with Crippen molar-refractivity contribution >= 4 is 17.4 Å². The smallest absolute Gasteiger partial charge is 0.294 e. The van der Waals surface area contributed by atoms with Crippen LogP contribution in [0.5, 0.6) is 0 Å². The molecular weight excluding hydrogens is 364 g/mol. The summed E-state index contributed by atoms with van der Waals surface area (Å²) >= 11 is 0. The minimum atomic E-state index is -0.987. The molecule has 0 radical (unpaired) electrons. The van der Waals surface area contributed by atoms with E-state index in [4.69, 9.17) is 0 Å². The highest BCUT2D eigenvalue weighted by Gasteiger charge is 2.45. The predicted molar refractivity (Wildman–Crippen MR) is 102 cm³/mol. The van der Waals surface area contributed by atoms with Crippen molar-refractivity contribution in [2.75, 3.05) is 4.90 Å². The highest BCUT2D eigenvalue weighted by atomic mass is 19.1. The molecule has 28 heavy (non-hydrogen) atoms. The number of Topliss-reactive ketones (excluding diaryl/α,β-unsaturated/α-hetero) is 1. The van der Waals surface area contributed by atoms with E-state index in [1.54, 1.807) is 18.2 Å². The van der Waals surface area contributed by atoms with Crippen LogP contribution < -0.4 is 4.90 Å². The number of carbonyl (C=O) groups excluding carboxylic acids is 2. The van der Waals surface area contributed by atoms with Crippen LogP contribution in [-0.4, -0.2) is 16.8 Å². The van der Waals surface area contributed by atoms with Gasteiger partial charge in [0.05, 0.1) is 17.3 Å². The lowest BCUT2D eigenvalue weighted by Crippen LogP contribution is -2.32. The summed E-state index contributed by atoms with van der Waals surface area (Å²) in [5, 5.41) is 10.5. The summed E-state index contributed by atoms with van der Waals surface area (Å²) < 4.78 is 27.9. The molecule has 1 aliphatic heterocycles. The Morgan fingerprint density at radius 2 is 1.89 bits per heavy atom. The summed E-state index contributed by atoms with van der Waals surface area (Å²) in [7, 11) is 0. The Bertz CT molecular complexity index is 981. The first-order valence-electron chi connectivity index (χ1n) is 9.02. The number of halogens is 2. The van der Waals surface area contributed by atoms with Crippen molar-refractivity contribution in [2.24, 2.45) is 5.92 Å². The van der Waals surface area contributed by atoms with Crippen molar-refractivity contribution in [3.05, 3.63) is 76.6 Å². The van der Waals surface area contributed by atoms with E-state index >= 15 is 0 Å². The fraction of sp³-hybridized carbons (Fsp3) is 0.273. The molecule has 1 atom stereocenters. The van der Waals surface area contributed by atoms with Crippen LogP contribution >= 0.6 is 0 Å². The minimum Gasteiger partial charge on any atom is -0.503 e. The summed E-state index contributed by atoms with van der Waals surface area (Å²) in [6, 6.07) is 8.93. The first-order chi connectivity index (χ1) is 13.2. The number of benzene rings is 2. The maximum Gasteiger partial charge on any atom is 0.294 e. The Morgan fingerprint density at radius 1 is 1.18 bits per heavy atom. The molecule has 0 aromatic heterocycles. The van der Waals surface area contributed by atoms with Gasteiger partial charge in [-0.1, -0.05) is 43.7 Å². The number of hydrogen-bond acceptors (Lipinski definition) is 3. The number of aryl methyl sites for hydroxylation is 1. The molecule has 1 unspecified atom stereocenters. The zero-order valence-electron chi connectivity index (χ0n) is 15.9. The van der Waals surface area contributed by atoms with Crippen LogP contribution in [-0.2, 0) is 9.59 Å². The Morgan fingerprint density at radius 3 is 2.50 bits per heavy atom. The minimum absolute atomic E-state index is 0.0117. The lowest BCUT2D eigenvalue weighted by atomic mass is 9.91. The van der Waals surface area contributed by atoms with Crippen LogP contribution in [0, 0.1) is 24.5 Å². The van der Waals surface area contributed by atoms with Gasteiger partial charge in [0.2, 0.25) is 0 Å². The summed E-state index contributed by atoms with van der Waals surface area (Å²) in [5.74, 6) is -3.68. The molecule has 6 heteroatoms. The quantitative estimate of drug-likeness (QED) is 0.805. The third-order valence-corrected chi connectivity index (χ3v) is 4.63. The van der Waals surface area contributed by atoms with Gasteiger partial charge in [0.25, 0.3) is 5.91 Å². The molecule has 1 aliphatic rings. The van der Waals surface area contributed by atoms with E-state index in [1.807, 2.05) is 26.8 Å². The van der Waals surface area contributed by atoms with E-state index in [-0.39, 0.29) is 29.4 Å². The summed E-state index contributed by atoms with van der Waals surface area (Å²) in [4.78, 5) is 26.7. The standard InChI is InChI=1S/C22H21F2NO3/c1-12(2)9-18(26)19-20(14-6-4-5-13(3)10-14)25(22(28)21(19)27)17-8-7-15(23)11-16(17)24/h4-8,10-12,20,27H,9H2,1-3H3. The largest absolute Gasteiger partial charge is 0.503 e. The van der Waals surface area contributed by atoms with Gasteiger partial charge >= 0.3 is 0 Å². The van der Waals surface area contributed by atoms with Crippen LogP contribution in [0.4, 0.5) is 14.5 Å². The molecule has 1 heterocycles. The normalized spacial score (nSPS) is 17.0. The molecule has 146 valence electrons. The third kappa shape index (κ3) is 3.54. The molecule has 0 bridgehead atoms. The van der Waals surface area contributed by atoms with Crippen LogP contribution in [0.25, 0.3) is 0 Å². The molecule has 3 rings (SSSR count). The second-order valence-electron chi connectivity index (χ2n) is 7.37. The highest BCUT2D eigenvalue weighted by Crippen LogP contribution is 2.42. The molecule has 0 saturated heterocycles. The molecule has 0 fully saturated rings. The van der Waals surface area contributed by atoms with Gasteiger partial charge in [0.15, 0.2) is 11.5 Å². The number of aliphatic hydroxyl groups is 1. The number of nitrogens with zero attached hydrogens (tertiary/aromatic N) is 1. The summed E-state index contributed by atoms with van der Waals surface area (Å²) in [5.41, 5.74) is 1.18. The van der Waals surface area contributed by atoms with Gasteiger partial charge in [-0.05, 0) is 30.5 Å². The first-order valence-corrected chi connectivity index (χ1v) is 9.02. The van der Waals surface area contributed by atoms with Gasteiger partial charge in [-0.25, -0.2) is 8.78 Å². The van der Waals surface area contributed by atoms with Gasteiger partial charge in [-0.2, -0.15) is 0 Å². The highest BCUT2D eigenvalue weighted by molar-refractivity contribution is 6.16. The van der Waals surface area contributed by atoms with E-state index in [1.165, 1.54) is 0 Å².